The van der Waals surface area contributed by atoms with Gasteiger partial charge in [0, 0.05) is 12.4 Å². The number of urea groups is 1. The van der Waals surface area contributed by atoms with Crippen molar-refractivity contribution < 1.29 is 24.2 Å². The molecule has 1 rings (SSSR count). The molecule has 1 aromatic rings. The van der Waals surface area contributed by atoms with E-state index < -0.39 is 29.7 Å². The standard InChI is InChI=1S/C16H26N4O5S.Li.H/c1-9(2)11(12(21)22)18-14(23)20(6)7-10-8-26-13(17-10)19-15(24)25-16(3,4)5;;/h8-9,11H,7H2,1-6H3,(H,18,23)(H,21,22)(H,17,19,24);;. The Labute approximate surface area is 175 Å². The molecule has 0 bridgehead atoms. The second kappa shape index (κ2) is 10.5. The number of carboxylic acids is 1. The van der Waals surface area contributed by atoms with Crippen LogP contribution in [0.5, 0.6) is 0 Å². The van der Waals surface area contributed by atoms with Gasteiger partial charge in [0.15, 0.2) is 5.13 Å². The van der Waals surface area contributed by atoms with Crippen molar-refractivity contribution in [3.63, 3.8) is 0 Å². The van der Waals surface area contributed by atoms with E-state index in [1.165, 1.54) is 23.3 Å². The molecule has 0 aliphatic carbocycles. The molecule has 27 heavy (non-hydrogen) atoms. The fourth-order valence-electron chi connectivity index (χ4n) is 1.90. The molecule has 0 saturated heterocycles. The van der Waals surface area contributed by atoms with Gasteiger partial charge in [0.1, 0.15) is 11.6 Å². The molecule has 0 aromatic carbocycles. The molecule has 0 saturated carbocycles. The predicted molar refractivity (Wildman–Crippen MR) is 105 cm³/mol. The number of hydrogen-bond acceptors (Lipinski definition) is 6. The Morgan fingerprint density at radius 2 is 1.93 bits per heavy atom. The summed E-state index contributed by atoms with van der Waals surface area (Å²) in [6, 6.07) is -1.48. The quantitative estimate of drug-likeness (QED) is 0.636. The Kier molecular flexibility index (Phi) is 9.85. The number of carbonyl (C=O) groups is 3. The van der Waals surface area contributed by atoms with E-state index in [2.05, 4.69) is 15.6 Å². The van der Waals surface area contributed by atoms with E-state index in [0.717, 1.165) is 0 Å². The molecule has 11 heteroatoms. The van der Waals surface area contributed by atoms with Crippen molar-refractivity contribution in [2.75, 3.05) is 12.4 Å². The average molecular weight is 394 g/mol. The molecule has 0 radical (unpaired) electrons. The Balaban J connectivity index is 0.00000676. The average Bonchev–Trinajstić information content (AvgIpc) is 2.88. The minimum atomic E-state index is -1.08. The molecule has 0 spiro atoms. The molecule has 1 aromatic heterocycles. The van der Waals surface area contributed by atoms with Crippen molar-refractivity contribution >= 4 is 53.4 Å². The number of thiazole rings is 1. The second-order valence-corrected chi connectivity index (χ2v) is 7.99. The number of rotatable bonds is 6. The zero-order valence-corrected chi connectivity index (χ0v) is 16.6. The van der Waals surface area contributed by atoms with E-state index >= 15 is 0 Å². The normalized spacial score (nSPS) is 12.0. The summed E-state index contributed by atoms with van der Waals surface area (Å²) in [5.41, 5.74) is -0.0466. The number of aliphatic carboxylic acids is 1. The summed E-state index contributed by atoms with van der Waals surface area (Å²) in [5, 5.41) is 16.2. The van der Waals surface area contributed by atoms with E-state index in [4.69, 9.17) is 9.84 Å². The topological polar surface area (TPSA) is 121 Å². The molecule has 1 heterocycles. The van der Waals surface area contributed by atoms with Gasteiger partial charge in [-0.2, -0.15) is 0 Å². The van der Waals surface area contributed by atoms with Crippen molar-refractivity contribution in [3.05, 3.63) is 11.1 Å². The van der Waals surface area contributed by atoms with Gasteiger partial charge < -0.3 is 20.1 Å². The van der Waals surface area contributed by atoms with Gasteiger partial charge in [-0.05, 0) is 26.7 Å². The Morgan fingerprint density at radius 1 is 1.33 bits per heavy atom. The van der Waals surface area contributed by atoms with Crippen LogP contribution in [-0.4, -0.2) is 70.6 Å². The first kappa shape index (κ1) is 25.2. The third kappa shape index (κ3) is 9.13. The van der Waals surface area contributed by atoms with Gasteiger partial charge in [-0.25, -0.2) is 19.4 Å². The van der Waals surface area contributed by atoms with Crippen LogP contribution in [0, 0.1) is 5.92 Å². The van der Waals surface area contributed by atoms with E-state index in [9.17, 15) is 14.4 Å². The number of aromatic nitrogens is 1. The van der Waals surface area contributed by atoms with E-state index in [-0.39, 0.29) is 31.3 Å². The fraction of sp³-hybridized carbons (Fsp3) is 0.625. The number of nitrogens with zero attached hydrogens (tertiary/aromatic N) is 2. The third-order valence-corrected chi connectivity index (χ3v) is 3.92. The number of amides is 3. The first-order valence-corrected chi connectivity index (χ1v) is 8.96. The van der Waals surface area contributed by atoms with E-state index in [0.29, 0.717) is 10.8 Å². The predicted octanol–water partition coefficient (Wildman–Crippen LogP) is 2.09. The monoisotopic (exact) mass is 394 g/mol. The van der Waals surface area contributed by atoms with Crippen LogP contribution in [0.1, 0.15) is 40.3 Å². The van der Waals surface area contributed by atoms with Gasteiger partial charge in [-0.3, -0.25) is 5.32 Å². The molecule has 1 atom stereocenters. The Hall–Kier alpha value is -1.76. The molecular weight excluding hydrogens is 367 g/mol. The summed E-state index contributed by atoms with van der Waals surface area (Å²) < 4.78 is 5.15. The van der Waals surface area contributed by atoms with Gasteiger partial charge in [0.25, 0.3) is 0 Å². The first-order chi connectivity index (χ1) is 11.9. The van der Waals surface area contributed by atoms with Gasteiger partial charge in [-0.1, -0.05) is 13.8 Å². The number of anilines is 1. The third-order valence-electron chi connectivity index (χ3n) is 3.12. The minimum absolute atomic E-state index is 0. The zero-order valence-electron chi connectivity index (χ0n) is 15.8. The van der Waals surface area contributed by atoms with Crippen LogP contribution in [0.4, 0.5) is 14.7 Å². The first-order valence-electron chi connectivity index (χ1n) is 8.08. The Bertz CT molecular complexity index is 659. The van der Waals surface area contributed by atoms with Gasteiger partial charge in [-0.15, -0.1) is 11.3 Å². The van der Waals surface area contributed by atoms with Crippen molar-refractivity contribution in [1.82, 2.24) is 15.2 Å². The second-order valence-electron chi connectivity index (χ2n) is 7.14. The van der Waals surface area contributed by atoms with Crippen LogP contribution in [0.15, 0.2) is 5.38 Å². The zero-order chi connectivity index (χ0) is 20.1. The summed E-state index contributed by atoms with van der Waals surface area (Å²) in [6.07, 6.45) is -0.606. The number of carboxylic acid groups (broad SMARTS) is 1. The van der Waals surface area contributed by atoms with Crippen molar-refractivity contribution in [3.8, 4) is 0 Å². The molecular formula is C16H27LiN4O5S. The molecule has 3 N–H and O–H groups in total. The number of carbonyl (C=O) groups excluding carboxylic acids is 2. The van der Waals surface area contributed by atoms with Crippen molar-refractivity contribution in [2.24, 2.45) is 5.92 Å². The summed E-state index contributed by atoms with van der Waals surface area (Å²) in [7, 11) is 1.54. The van der Waals surface area contributed by atoms with Crippen LogP contribution in [-0.2, 0) is 16.1 Å². The number of nitrogens with one attached hydrogen (secondary N) is 2. The molecule has 0 fully saturated rings. The molecule has 148 valence electrons. The Morgan fingerprint density at radius 3 is 2.41 bits per heavy atom. The summed E-state index contributed by atoms with van der Waals surface area (Å²) in [6.45, 7) is 8.88. The van der Waals surface area contributed by atoms with E-state index in [1.54, 1.807) is 40.0 Å². The van der Waals surface area contributed by atoms with Crippen LogP contribution < -0.4 is 10.6 Å². The maximum atomic E-state index is 12.1. The molecule has 0 aliphatic rings. The summed E-state index contributed by atoms with van der Waals surface area (Å²) >= 11 is 1.21. The fourth-order valence-corrected chi connectivity index (χ4v) is 2.59. The van der Waals surface area contributed by atoms with E-state index in [1.807, 2.05) is 0 Å². The van der Waals surface area contributed by atoms with Gasteiger partial charge in [0.05, 0.1) is 12.2 Å². The molecule has 1 unspecified atom stereocenters. The van der Waals surface area contributed by atoms with Crippen molar-refractivity contribution in [1.29, 1.82) is 0 Å². The number of hydrogen-bond donors (Lipinski definition) is 3. The van der Waals surface area contributed by atoms with Crippen LogP contribution >= 0.6 is 11.3 Å². The van der Waals surface area contributed by atoms with Crippen LogP contribution in [0.25, 0.3) is 0 Å². The number of ether oxygens (including phenoxy) is 1. The molecule has 9 nitrogen and oxygen atoms in total. The SMILES string of the molecule is CC(C)C(NC(=O)N(C)Cc1csc(NC(=O)OC(C)(C)C)n1)C(=O)O.[LiH]. The molecule has 0 aliphatic heterocycles. The maximum absolute atomic E-state index is 12.1. The van der Waals surface area contributed by atoms with Crippen LogP contribution in [0.3, 0.4) is 0 Å². The van der Waals surface area contributed by atoms with Crippen molar-refractivity contribution in [2.45, 2.75) is 52.8 Å². The van der Waals surface area contributed by atoms with Gasteiger partial charge >= 0.3 is 37.0 Å². The molecule has 3 amide bonds. The summed E-state index contributed by atoms with van der Waals surface area (Å²) in [4.78, 5) is 40.6. The summed E-state index contributed by atoms with van der Waals surface area (Å²) in [5.74, 6) is -1.33. The van der Waals surface area contributed by atoms with Gasteiger partial charge in [0.2, 0.25) is 0 Å². The van der Waals surface area contributed by atoms with Crippen LogP contribution in [0.2, 0.25) is 0 Å².